The van der Waals surface area contributed by atoms with Crippen molar-refractivity contribution in [2.75, 3.05) is 25.0 Å². The third-order valence-electron chi connectivity index (χ3n) is 3.54. The number of morpholine rings is 1. The molecule has 7 heteroatoms. The number of rotatable bonds is 4. The second-order valence-electron chi connectivity index (χ2n) is 5.89. The van der Waals surface area contributed by atoms with Gasteiger partial charge in [-0.15, -0.1) is 0 Å². The fourth-order valence-corrected chi connectivity index (χ4v) is 2.58. The maximum absolute atomic E-state index is 12.1. The molecule has 2 rings (SSSR count). The molecule has 1 N–H and O–H groups in total. The molecule has 24 heavy (non-hydrogen) atoms. The normalized spacial score (nSPS) is 20.4. The van der Waals surface area contributed by atoms with Crippen LogP contribution in [0, 0.1) is 0 Å². The van der Waals surface area contributed by atoms with Gasteiger partial charge in [-0.2, -0.15) is 0 Å². The number of hydrogen-bond donors (Lipinski definition) is 1. The van der Waals surface area contributed by atoms with Crippen molar-refractivity contribution in [3.8, 4) is 0 Å². The molecule has 2 amide bonds. The summed E-state index contributed by atoms with van der Waals surface area (Å²) >= 11 is 0. The zero-order chi connectivity index (χ0) is 17.7. The molecule has 1 heterocycles. The van der Waals surface area contributed by atoms with E-state index in [9.17, 15) is 14.4 Å². The second-order valence-corrected chi connectivity index (χ2v) is 5.89. The van der Waals surface area contributed by atoms with Gasteiger partial charge in [0.2, 0.25) is 5.91 Å². The van der Waals surface area contributed by atoms with Gasteiger partial charge in [0.25, 0.3) is 5.91 Å². The fourth-order valence-electron chi connectivity index (χ4n) is 2.58. The SMILES string of the molecule is CC(=O)Nc1ccc(C(=O)OCC(=O)N2C[C@@H](C)O[C@@H](C)C2)cc1. The highest BCUT2D eigenvalue weighted by Gasteiger charge is 2.26. The number of nitrogens with zero attached hydrogens (tertiary/aromatic N) is 1. The molecule has 1 aromatic carbocycles. The first-order valence-corrected chi connectivity index (χ1v) is 7.83. The zero-order valence-electron chi connectivity index (χ0n) is 14.1. The Bertz CT molecular complexity index is 604. The van der Waals surface area contributed by atoms with E-state index < -0.39 is 5.97 Å². The van der Waals surface area contributed by atoms with Gasteiger partial charge < -0.3 is 19.7 Å². The minimum absolute atomic E-state index is 0.0327. The van der Waals surface area contributed by atoms with Crippen molar-refractivity contribution in [1.29, 1.82) is 0 Å². The molecule has 1 fully saturated rings. The van der Waals surface area contributed by atoms with Crippen molar-refractivity contribution in [3.63, 3.8) is 0 Å². The number of ether oxygens (including phenoxy) is 2. The summed E-state index contributed by atoms with van der Waals surface area (Å²) in [5.41, 5.74) is 0.909. The Morgan fingerprint density at radius 1 is 1.17 bits per heavy atom. The summed E-state index contributed by atoms with van der Waals surface area (Å²) in [6, 6.07) is 6.28. The topological polar surface area (TPSA) is 84.9 Å². The zero-order valence-corrected chi connectivity index (χ0v) is 14.1. The Hall–Kier alpha value is -2.41. The molecule has 0 unspecified atom stereocenters. The highest BCUT2D eigenvalue weighted by atomic mass is 16.5. The highest BCUT2D eigenvalue weighted by Crippen LogP contribution is 2.12. The average molecular weight is 334 g/mol. The second kappa shape index (κ2) is 7.92. The van der Waals surface area contributed by atoms with Gasteiger partial charge in [0, 0.05) is 25.7 Å². The van der Waals surface area contributed by atoms with Crippen molar-refractivity contribution in [1.82, 2.24) is 4.90 Å². The predicted molar refractivity (Wildman–Crippen MR) is 87.6 cm³/mol. The highest BCUT2D eigenvalue weighted by molar-refractivity contribution is 5.93. The van der Waals surface area contributed by atoms with Gasteiger partial charge in [-0.3, -0.25) is 9.59 Å². The van der Waals surface area contributed by atoms with Gasteiger partial charge in [-0.25, -0.2) is 4.79 Å². The van der Waals surface area contributed by atoms with E-state index in [1.54, 1.807) is 17.0 Å². The van der Waals surface area contributed by atoms with Crippen LogP contribution in [0.4, 0.5) is 5.69 Å². The van der Waals surface area contributed by atoms with Crippen molar-refractivity contribution >= 4 is 23.5 Å². The van der Waals surface area contributed by atoms with Crippen molar-refractivity contribution < 1.29 is 23.9 Å². The number of benzene rings is 1. The Labute approximate surface area is 140 Å². The number of hydrogen-bond acceptors (Lipinski definition) is 5. The van der Waals surface area contributed by atoms with Crippen LogP contribution in [0.25, 0.3) is 0 Å². The van der Waals surface area contributed by atoms with E-state index in [2.05, 4.69) is 5.32 Å². The van der Waals surface area contributed by atoms with E-state index in [-0.39, 0.29) is 30.6 Å². The van der Waals surface area contributed by atoms with Gasteiger partial charge in [-0.05, 0) is 38.1 Å². The Balaban J connectivity index is 1.86. The first-order chi connectivity index (χ1) is 11.3. The molecule has 0 aromatic heterocycles. The number of carbonyl (C=O) groups is 3. The first kappa shape index (κ1) is 17.9. The first-order valence-electron chi connectivity index (χ1n) is 7.83. The standard InChI is InChI=1S/C17H22N2O5/c1-11-8-19(9-12(2)24-11)16(21)10-23-17(22)14-4-6-15(7-5-14)18-13(3)20/h4-7,11-12H,8-10H2,1-3H3,(H,18,20)/t11-,12+. The smallest absolute Gasteiger partial charge is 0.338 e. The summed E-state index contributed by atoms with van der Waals surface area (Å²) in [6.45, 7) is 5.89. The van der Waals surface area contributed by atoms with Crippen LogP contribution in [0.15, 0.2) is 24.3 Å². The summed E-state index contributed by atoms with van der Waals surface area (Å²) in [4.78, 5) is 36.7. The molecule has 1 aromatic rings. The molecule has 1 saturated heterocycles. The third kappa shape index (κ3) is 5.06. The average Bonchev–Trinajstić information content (AvgIpc) is 2.51. The molecule has 0 spiro atoms. The fraction of sp³-hybridized carbons (Fsp3) is 0.471. The van der Waals surface area contributed by atoms with Crippen molar-refractivity contribution in [3.05, 3.63) is 29.8 Å². The van der Waals surface area contributed by atoms with Crippen LogP contribution >= 0.6 is 0 Å². The molecule has 7 nitrogen and oxygen atoms in total. The van der Waals surface area contributed by atoms with Crippen LogP contribution in [-0.2, 0) is 19.1 Å². The largest absolute Gasteiger partial charge is 0.452 e. The van der Waals surface area contributed by atoms with Crippen LogP contribution in [0.2, 0.25) is 0 Å². The van der Waals surface area contributed by atoms with Crippen LogP contribution < -0.4 is 5.32 Å². The molecule has 0 bridgehead atoms. The number of esters is 1. The maximum Gasteiger partial charge on any atom is 0.338 e. The van der Waals surface area contributed by atoms with Gasteiger partial charge in [0.15, 0.2) is 6.61 Å². The monoisotopic (exact) mass is 334 g/mol. The third-order valence-corrected chi connectivity index (χ3v) is 3.54. The van der Waals surface area contributed by atoms with Crippen molar-refractivity contribution in [2.24, 2.45) is 0 Å². The van der Waals surface area contributed by atoms with E-state index in [1.807, 2.05) is 13.8 Å². The lowest BCUT2D eigenvalue weighted by molar-refractivity contribution is -0.146. The van der Waals surface area contributed by atoms with E-state index >= 15 is 0 Å². The minimum atomic E-state index is -0.577. The molecular formula is C17H22N2O5. The molecule has 1 aliphatic heterocycles. The van der Waals surface area contributed by atoms with E-state index in [0.29, 0.717) is 24.3 Å². The lowest BCUT2D eigenvalue weighted by Crippen LogP contribution is -2.49. The Morgan fingerprint density at radius 3 is 2.29 bits per heavy atom. The quantitative estimate of drug-likeness (QED) is 0.842. The molecule has 1 aliphatic rings. The molecule has 0 saturated carbocycles. The number of carbonyl (C=O) groups excluding carboxylic acids is 3. The van der Waals surface area contributed by atoms with Gasteiger partial charge in [0.1, 0.15) is 0 Å². The van der Waals surface area contributed by atoms with E-state index in [4.69, 9.17) is 9.47 Å². The van der Waals surface area contributed by atoms with Gasteiger partial charge in [0.05, 0.1) is 17.8 Å². The molecule has 0 radical (unpaired) electrons. The van der Waals surface area contributed by atoms with E-state index in [0.717, 1.165) is 0 Å². The Morgan fingerprint density at radius 2 is 1.75 bits per heavy atom. The molecule has 2 atom stereocenters. The maximum atomic E-state index is 12.1. The summed E-state index contributed by atoms with van der Waals surface area (Å²) < 4.78 is 10.6. The minimum Gasteiger partial charge on any atom is -0.452 e. The van der Waals surface area contributed by atoms with Crippen LogP contribution in [0.1, 0.15) is 31.1 Å². The molecular weight excluding hydrogens is 312 g/mol. The van der Waals surface area contributed by atoms with Gasteiger partial charge >= 0.3 is 5.97 Å². The number of amides is 2. The summed E-state index contributed by atoms with van der Waals surface area (Å²) in [7, 11) is 0. The number of nitrogens with one attached hydrogen (secondary N) is 1. The summed E-state index contributed by atoms with van der Waals surface area (Å²) in [6.07, 6.45) is -0.0653. The van der Waals surface area contributed by atoms with E-state index in [1.165, 1.54) is 19.1 Å². The van der Waals surface area contributed by atoms with Gasteiger partial charge in [-0.1, -0.05) is 0 Å². The molecule has 0 aliphatic carbocycles. The van der Waals surface area contributed by atoms with Crippen LogP contribution in [-0.4, -0.2) is 54.6 Å². The lowest BCUT2D eigenvalue weighted by atomic mass is 10.2. The molecule has 130 valence electrons. The summed E-state index contributed by atoms with van der Waals surface area (Å²) in [5, 5.41) is 2.61. The van der Waals surface area contributed by atoms with Crippen LogP contribution in [0.5, 0.6) is 0 Å². The predicted octanol–water partition coefficient (Wildman–Crippen LogP) is 1.44. The summed E-state index contributed by atoms with van der Waals surface area (Å²) in [5.74, 6) is -1.00. The lowest BCUT2D eigenvalue weighted by Gasteiger charge is -2.35. The Kier molecular flexibility index (Phi) is 5.92. The van der Waals surface area contributed by atoms with Crippen molar-refractivity contribution in [2.45, 2.75) is 33.0 Å². The number of anilines is 1. The van der Waals surface area contributed by atoms with Crippen LogP contribution in [0.3, 0.4) is 0 Å².